The highest BCUT2D eigenvalue weighted by atomic mass is 16.6. The second-order valence-corrected chi connectivity index (χ2v) is 6.64. The van der Waals surface area contributed by atoms with E-state index in [1.807, 2.05) is 6.92 Å². The predicted molar refractivity (Wildman–Crippen MR) is 107 cm³/mol. The first-order valence-electron chi connectivity index (χ1n) is 9.52. The summed E-state index contributed by atoms with van der Waals surface area (Å²) >= 11 is 0. The van der Waals surface area contributed by atoms with Crippen LogP contribution in [-0.2, 0) is 6.42 Å². The summed E-state index contributed by atoms with van der Waals surface area (Å²) < 4.78 is 11.5. The Hall–Kier alpha value is -3.15. The molecule has 6 nitrogen and oxygen atoms in total. The van der Waals surface area contributed by atoms with Crippen LogP contribution < -0.4 is 4.74 Å². The largest absolute Gasteiger partial charge is 0.494 e. The monoisotopic (exact) mass is 381 g/mol. The maximum atomic E-state index is 13.2. The summed E-state index contributed by atoms with van der Waals surface area (Å²) in [6, 6.07) is 11.3. The molecular formula is C22H23NO5. The Balaban J connectivity index is 2.04. The predicted octanol–water partition coefficient (Wildman–Crippen LogP) is 5.70. The minimum absolute atomic E-state index is 0.0623. The zero-order chi connectivity index (χ0) is 20.1. The smallest absolute Gasteiger partial charge is 0.270 e. The van der Waals surface area contributed by atoms with E-state index >= 15 is 0 Å². The average molecular weight is 381 g/mol. The van der Waals surface area contributed by atoms with Gasteiger partial charge in [-0.3, -0.25) is 14.9 Å². The number of nitro benzene ring substituents is 1. The van der Waals surface area contributed by atoms with Crippen molar-refractivity contribution in [1.82, 2.24) is 0 Å². The molecular weight excluding hydrogens is 358 g/mol. The Morgan fingerprint density at radius 1 is 1.11 bits per heavy atom. The van der Waals surface area contributed by atoms with Gasteiger partial charge in [0.2, 0.25) is 0 Å². The van der Waals surface area contributed by atoms with Crippen molar-refractivity contribution in [3.8, 4) is 5.75 Å². The van der Waals surface area contributed by atoms with E-state index in [2.05, 4.69) is 6.92 Å². The first kappa shape index (κ1) is 19.6. The Morgan fingerprint density at radius 2 is 1.86 bits per heavy atom. The second-order valence-electron chi connectivity index (χ2n) is 6.64. The summed E-state index contributed by atoms with van der Waals surface area (Å²) in [6.07, 6.45) is 3.33. The lowest BCUT2D eigenvalue weighted by atomic mass is 9.98. The lowest BCUT2D eigenvalue weighted by Gasteiger charge is -2.06. The minimum atomic E-state index is -0.466. The van der Waals surface area contributed by atoms with Gasteiger partial charge < -0.3 is 9.15 Å². The molecule has 6 heteroatoms. The molecule has 0 spiro atoms. The highest BCUT2D eigenvalue weighted by molar-refractivity contribution is 6.17. The molecule has 146 valence electrons. The Kier molecular flexibility index (Phi) is 6.09. The minimum Gasteiger partial charge on any atom is -0.494 e. The summed E-state index contributed by atoms with van der Waals surface area (Å²) in [4.78, 5) is 23.9. The molecule has 3 aromatic rings. The van der Waals surface area contributed by atoms with Crippen LogP contribution in [0.25, 0.3) is 11.0 Å². The van der Waals surface area contributed by atoms with Crippen molar-refractivity contribution in [2.45, 2.75) is 39.5 Å². The number of nitro groups is 1. The number of carbonyl (C=O) groups excluding carboxylic acids is 1. The molecule has 0 aliphatic carbocycles. The van der Waals surface area contributed by atoms with Gasteiger partial charge in [-0.25, -0.2) is 0 Å². The lowest BCUT2D eigenvalue weighted by Crippen LogP contribution is -2.04. The molecule has 0 aliphatic rings. The van der Waals surface area contributed by atoms with Gasteiger partial charge in [0.15, 0.2) is 5.78 Å². The fourth-order valence-electron chi connectivity index (χ4n) is 3.08. The van der Waals surface area contributed by atoms with Crippen LogP contribution in [0.5, 0.6) is 5.75 Å². The standard InChI is InChI=1S/C22H23NO5/c1-3-5-6-20-21(18-14-16(23(25)26)9-12-19(18)28-20)22(24)15-7-10-17(11-8-15)27-13-4-2/h7-12,14H,3-6,13H2,1-2H3. The molecule has 1 aromatic heterocycles. The van der Waals surface area contributed by atoms with E-state index < -0.39 is 4.92 Å². The quantitative estimate of drug-likeness (QED) is 0.270. The van der Waals surface area contributed by atoms with E-state index in [9.17, 15) is 14.9 Å². The highest BCUT2D eigenvalue weighted by Crippen LogP contribution is 2.32. The number of ketones is 1. The van der Waals surface area contributed by atoms with Gasteiger partial charge in [0.1, 0.15) is 17.1 Å². The zero-order valence-electron chi connectivity index (χ0n) is 16.1. The van der Waals surface area contributed by atoms with Crippen LogP contribution in [0.2, 0.25) is 0 Å². The topological polar surface area (TPSA) is 82.6 Å². The molecule has 0 fully saturated rings. The number of furan rings is 1. The van der Waals surface area contributed by atoms with Crippen molar-refractivity contribution >= 4 is 22.4 Å². The van der Waals surface area contributed by atoms with Crippen LogP contribution in [0.3, 0.4) is 0 Å². The molecule has 0 unspecified atom stereocenters. The van der Waals surface area contributed by atoms with Crippen LogP contribution in [0.4, 0.5) is 5.69 Å². The van der Waals surface area contributed by atoms with Crippen molar-refractivity contribution in [2.24, 2.45) is 0 Å². The van der Waals surface area contributed by atoms with Crippen molar-refractivity contribution in [1.29, 1.82) is 0 Å². The Bertz CT molecular complexity index is 988. The van der Waals surface area contributed by atoms with Crippen LogP contribution in [0, 0.1) is 10.1 Å². The lowest BCUT2D eigenvalue weighted by molar-refractivity contribution is -0.384. The fraction of sp³-hybridized carbons (Fsp3) is 0.318. The molecule has 28 heavy (non-hydrogen) atoms. The maximum Gasteiger partial charge on any atom is 0.270 e. The number of benzene rings is 2. The van der Waals surface area contributed by atoms with E-state index in [0.29, 0.717) is 46.6 Å². The molecule has 0 amide bonds. The molecule has 0 aliphatic heterocycles. The van der Waals surface area contributed by atoms with Gasteiger partial charge in [0.25, 0.3) is 5.69 Å². The maximum absolute atomic E-state index is 13.2. The van der Waals surface area contributed by atoms with E-state index in [1.54, 1.807) is 30.3 Å². The SMILES string of the molecule is CCCCc1oc2ccc([N+](=O)[O-])cc2c1C(=O)c1ccc(OCCC)cc1. The first-order valence-corrected chi connectivity index (χ1v) is 9.52. The van der Waals surface area contributed by atoms with Gasteiger partial charge in [-0.2, -0.15) is 0 Å². The molecule has 0 atom stereocenters. The second kappa shape index (κ2) is 8.69. The number of rotatable bonds is 9. The van der Waals surface area contributed by atoms with Crippen molar-refractivity contribution in [2.75, 3.05) is 6.61 Å². The summed E-state index contributed by atoms with van der Waals surface area (Å²) in [5.41, 5.74) is 1.33. The summed E-state index contributed by atoms with van der Waals surface area (Å²) in [7, 11) is 0. The van der Waals surface area contributed by atoms with Crippen LogP contribution in [-0.4, -0.2) is 17.3 Å². The van der Waals surface area contributed by atoms with Crippen molar-refractivity contribution in [3.63, 3.8) is 0 Å². The van der Waals surface area contributed by atoms with Crippen LogP contribution in [0.1, 0.15) is 54.8 Å². The molecule has 2 aromatic carbocycles. The number of hydrogen-bond donors (Lipinski definition) is 0. The van der Waals surface area contributed by atoms with E-state index in [4.69, 9.17) is 9.15 Å². The van der Waals surface area contributed by atoms with Crippen molar-refractivity contribution < 1.29 is 18.9 Å². The Labute approximate surface area is 163 Å². The number of hydrogen-bond acceptors (Lipinski definition) is 5. The third kappa shape index (κ3) is 4.06. The van der Waals surface area contributed by atoms with Crippen LogP contribution in [0.15, 0.2) is 46.9 Å². The van der Waals surface area contributed by atoms with Gasteiger partial charge in [-0.05, 0) is 43.2 Å². The van der Waals surface area contributed by atoms with Gasteiger partial charge in [-0.15, -0.1) is 0 Å². The molecule has 1 heterocycles. The Morgan fingerprint density at radius 3 is 2.50 bits per heavy atom. The van der Waals surface area contributed by atoms with E-state index in [-0.39, 0.29) is 11.5 Å². The van der Waals surface area contributed by atoms with E-state index in [1.165, 1.54) is 12.1 Å². The number of nitrogens with zero attached hydrogens (tertiary/aromatic N) is 1. The first-order chi connectivity index (χ1) is 13.5. The van der Waals surface area contributed by atoms with Gasteiger partial charge >= 0.3 is 0 Å². The van der Waals surface area contributed by atoms with E-state index in [0.717, 1.165) is 19.3 Å². The van der Waals surface area contributed by atoms with Crippen molar-refractivity contribution in [3.05, 3.63) is 69.5 Å². The van der Waals surface area contributed by atoms with Gasteiger partial charge in [0, 0.05) is 29.5 Å². The number of carbonyl (C=O) groups is 1. The molecule has 0 radical (unpaired) electrons. The number of unbranched alkanes of at least 4 members (excludes halogenated alkanes) is 1. The average Bonchev–Trinajstić information content (AvgIpc) is 3.07. The zero-order valence-corrected chi connectivity index (χ0v) is 16.1. The molecule has 0 saturated heterocycles. The number of aryl methyl sites for hydroxylation is 1. The number of ether oxygens (including phenoxy) is 1. The molecule has 0 saturated carbocycles. The van der Waals surface area contributed by atoms with Gasteiger partial charge in [-0.1, -0.05) is 20.3 Å². The highest BCUT2D eigenvalue weighted by Gasteiger charge is 2.23. The molecule has 0 bridgehead atoms. The van der Waals surface area contributed by atoms with Crippen LogP contribution >= 0.6 is 0 Å². The van der Waals surface area contributed by atoms with Gasteiger partial charge in [0.05, 0.1) is 17.1 Å². The molecule has 3 rings (SSSR count). The molecule has 0 N–H and O–H groups in total. The normalized spacial score (nSPS) is 10.9. The third-order valence-electron chi connectivity index (χ3n) is 4.53. The summed E-state index contributed by atoms with van der Waals surface area (Å²) in [5.74, 6) is 1.08. The number of non-ortho nitro benzene ring substituents is 1. The third-order valence-corrected chi connectivity index (χ3v) is 4.53. The fourth-order valence-corrected chi connectivity index (χ4v) is 3.08. The summed E-state index contributed by atoms with van der Waals surface area (Å²) in [5, 5.41) is 11.7. The number of fused-ring (bicyclic) bond motifs is 1. The summed E-state index contributed by atoms with van der Waals surface area (Å²) in [6.45, 7) is 4.70.